The molecule has 0 radical (unpaired) electrons. The lowest BCUT2D eigenvalue weighted by molar-refractivity contribution is 0.555. The Morgan fingerprint density at radius 1 is 1.29 bits per heavy atom. The summed E-state index contributed by atoms with van der Waals surface area (Å²) in [5, 5.41) is -0.674. The summed E-state index contributed by atoms with van der Waals surface area (Å²) in [5.74, 6) is -0.147. The van der Waals surface area contributed by atoms with E-state index in [0.29, 0.717) is 5.69 Å². The number of sulfonamides is 1. The van der Waals surface area contributed by atoms with Crippen LogP contribution in [-0.2, 0) is 26.4 Å². The Morgan fingerprint density at radius 3 is 2.48 bits per heavy atom. The average Bonchev–Trinajstić information content (AvgIpc) is 2.38. The number of benzene rings is 1. The molecular weight excluding hydrogens is 312 g/mol. The number of hydrogen-bond donors (Lipinski definition) is 2. The monoisotopic (exact) mass is 332 g/mol. The number of anilines is 1. The SMILES string of the molecule is Cc1cccc(NS(=O)(=O)C2CCS(=O)(=O)CC2)c1CN. The molecule has 0 spiro atoms. The lowest BCUT2D eigenvalue weighted by atomic mass is 10.1. The van der Waals surface area contributed by atoms with E-state index in [1.807, 2.05) is 13.0 Å². The van der Waals surface area contributed by atoms with Crippen molar-refractivity contribution in [3.63, 3.8) is 0 Å². The molecule has 0 atom stereocenters. The molecule has 0 amide bonds. The second-order valence-corrected chi connectivity index (χ2v) is 9.57. The fourth-order valence-corrected chi connectivity index (χ4v) is 5.79. The Bertz CT molecular complexity index is 713. The number of sulfone groups is 1. The van der Waals surface area contributed by atoms with Crippen molar-refractivity contribution in [3.05, 3.63) is 29.3 Å². The Hall–Kier alpha value is -1.12. The maximum absolute atomic E-state index is 12.4. The molecule has 8 heteroatoms. The van der Waals surface area contributed by atoms with Gasteiger partial charge in [0, 0.05) is 6.54 Å². The molecule has 118 valence electrons. The minimum Gasteiger partial charge on any atom is -0.326 e. The van der Waals surface area contributed by atoms with Crippen LogP contribution in [0.25, 0.3) is 0 Å². The van der Waals surface area contributed by atoms with E-state index in [4.69, 9.17) is 5.73 Å². The summed E-state index contributed by atoms with van der Waals surface area (Å²) in [6.07, 6.45) is 0.281. The number of nitrogens with two attached hydrogens (primary N) is 1. The molecule has 1 heterocycles. The van der Waals surface area contributed by atoms with Crippen LogP contribution in [0.5, 0.6) is 0 Å². The maximum atomic E-state index is 12.4. The van der Waals surface area contributed by atoms with Gasteiger partial charge in [0.2, 0.25) is 10.0 Å². The molecule has 0 aromatic heterocycles. The van der Waals surface area contributed by atoms with Crippen LogP contribution in [-0.4, -0.2) is 33.6 Å². The van der Waals surface area contributed by atoms with Crippen LogP contribution in [0.3, 0.4) is 0 Å². The molecule has 1 saturated heterocycles. The van der Waals surface area contributed by atoms with Crippen molar-refractivity contribution in [2.45, 2.75) is 31.6 Å². The predicted molar refractivity (Wildman–Crippen MR) is 83.3 cm³/mol. The molecule has 0 saturated carbocycles. The molecule has 21 heavy (non-hydrogen) atoms. The van der Waals surface area contributed by atoms with Crippen LogP contribution >= 0.6 is 0 Å². The second-order valence-electron chi connectivity index (χ2n) is 5.30. The van der Waals surface area contributed by atoms with Crippen LogP contribution in [0, 0.1) is 6.92 Å². The summed E-state index contributed by atoms with van der Waals surface area (Å²) in [7, 11) is -6.69. The third-order valence-electron chi connectivity index (χ3n) is 3.81. The van der Waals surface area contributed by atoms with E-state index in [-0.39, 0.29) is 30.9 Å². The van der Waals surface area contributed by atoms with Crippen molar-refractivity contribution in [3.8, 4) is 0 Å². The van der Waals surface area contributed by atoms with Gasteiger partial charge >= 0.3 is 0 Å². The van der Waals surface area contributed by atoms with Crippen LogP contribution in [0.4, 0.5) is 5.69 Å². The van der Waals surface area contributed by atoms with Gasteiger partial charge in [-0.3, -0.25) is 4.72 Å². The summed E-state index contributed by atoms with van der Waals surface area (Å²) in [6, 6.07) is 5.30. The van der Waals surface area contributed by atoms with Crippen LogP contribution in [0.2, 0.25) is 0 Å². The van der Waals surface area contributed by atoms with E-state index >= 15 is 0 Å². The first kappa shape index (κ1) is 16.3. The fourth-order valence-electron chi connectivity index (χ4n) is 2.48. The maximum Gasteiger partial charge on any atom is 0.235 e. The lowest BCUT2D eigenvalue weighted by Gasteiger charge is -2.23. The van der Waals surface area contributed by atoms with Crippen LogP contribution in [0.1, 0.15) is 24.0 Å². The predicted octanol–water partition coefficient (Wildman–Crippen LogP) is 0.773. The van der Waals surface area contributed by atoms with Crippen molar-refractivity contribution >= 4 is 25.5 Å². The molecule has 1 aliphatic rings. The minimum atomic E-state index is -3.61. The molecule has 2 rings (SSSR count). The van der Waals surface area contributed by atoms with Crippen molar-refractivity contribution in [2.24, 2.45) is 5.73 Å². The van der Waals surface area contributed by atoms with E-state index in [0.717, 1.165) is 11.1 Å². The molecule has 1 fully saturated rings. The van der Waals surface area contributed by atoms with Crippen LogP contribution < -0.4 is 10.5 Å². The van der Waals surface area contributed by atoms with E-state index in [1.165, 1.54) is 0 Å². The van der Waals surface area contributed by atoms with E-state index in [1.54, 1.807) is 12.1 Å². The average molecular weight is 332 g/mol. The van der Waals surface area contributed by atoms with Gasteiger partial charge in [0.05, 0.1) is 22.4 Å². The van der Waals surface area contributed by atoms with Gasteiger partial charge in [-0.05, 0) is 37.0 Å². The molecule has 0 bridgehead atoms. The molecule has 1 aromatic rings. The Balaban J connectivity index is 2.21. The molecule has 0 unspecified atom stereocenters. The summed E-state index contributed by atoms with van der Waals surface area (Å²) >= 11 is 0. The van der Waals surface area contributed by atoms with Gasteiger partial charge in [0.1, 0.15) is 9.84 Å². The van der Waals surface area contributed by atoms with Gasteiger partial charge in [-0.1, -0.05) is 12.1 Å². The largest absolute Gasteiger partial charge is 0.326 e. The van der Waals surface area contributed by atoms with E-state index in [9.17, 15) is 16.8 Å². The standard InChI is InChI=1S/C13H20N2O4S2/c1-10-3-2-4-13(12(10)9-14)15-21(18,19)11-5-7-20(16,17)8-6-11/h2-4,11,15H,5-9,14H2,1H3. The molecule has 6 nitrogen and oxygen atoms in total. The molecule has 3 N–H and O–H groups in total. The van der Waals surface area contributed by atoms with Crippen LogP contribution in [0.15, 0.2) is 18.2 Å². The summed E-state index contributed by atoms with van der Waals surface area (Å²) in [5.41, 5.74) is 7.82. The van der Waals surface area contributed by atoms with Gasteiger partial charge in [0.15, 0.2) is 0 Å². The number of rotatable bonds is 4. The van der Waals surface area contributed by atoms with Gasteiger partial charge in [0.25, 0.3) is 0 Å². The number of aryl methyl sites for hydroxylation is 1. The summed E-state index contributed by atoms with van der Waals surface area (Å²) in [6.45, 7) is 2.11. The Kier molecular flexibility index (Phi) is 4.60. The highest BCUT2D eigenvalue weighted by Gasteiger charge is 2.33. The topological polar surface area (TPSA) is 106 Å². The van der Waals surface area contributed by atoms with Crippen molar-refractivity contribution in [2.75, 3.05) is 16.2 Å². The summed E-state index contributed by atoms with van der Waals surface area (Å²) < 4.78 is 50.2. The highest BCUT2D eigenvalue weighted by molar-refractivity contribution is 7.94. The zero-order chi connectivity index (χ0) is 15.7. The van der Waals surface area contributed by atoms with Crippen molar-refractivity contribution in [1.29, 1.82) is 0 Å². The van der Waals surface area contributed by atoms with E-state index in [2.05, 4.69) is 4.72 Å². The molecular formula is C13H20N2O4S2. The minimum absolute atomic E-state index is 0.0733. The van der Waals surface area contributed by atoms with Gasteiger partial charge in [-0.2, -0.15) is 0 Å². The van der Waals surface area contributed by atoms with Gasteiger partial charge in [-0.15, -0.1) is 0 Å². The lowest BCUT2D eigenvalue weighted by Crippen LogP contribution is -2.36. The van der Waals surface area contributed by atoms with Crippen molar-refractivity contribution < 1.29 is 16.8 Å². The number of hydrogen-bond acceptors (Lipinski definition) is 5. The zero-order valence-corrected chi connectivity index (χ0v) is 13.5. The quantitative estimate of drug-likeness (QED) is 0.847. The first-order valence-electron chi connectivity index (χ1n) is 6.76. The molecule has 1 aliphatic heterocycles. The fraction of sp³-hybridized carbons (Fsp3) is 0.538. The zero-order valence-electron chi connectivity index (χ0n) is 11.9. The second kappa shape index (κ2) is 5.94. The Labute approximate surface area is 125 Å². The first-order valence-corrected chi connectivity index (χ1v) is 10.1. The third-order valence-corrected chi connectivity index (χ3v) is 7.38. The van der Waals surface area contributed by atoms with Gasteiger partial charge in [-0.25, -0.2) is 16.8 Å². The number of nitrogens with one attached hydrogen (secondary N) is 1. The Morgan fingerprint density at radius 2 is 1.90 bits per heavy atom. The smallest absolute Gasteiger partial charge is 0.235 e. The highest BCUT2D eigenvalue weighted by atomic mass is 32.2. The molecule has 0 aliphatic carbocycles. The van der Waals surface area contributed by atoms with Crippen molar-refractivity contribution in [1.82, 2.24) is 0 Å². The van der Waals surface area contributed by atoms with Gasteiger partial charge < -0.3 is 5.73 Å². The summed E-state index contributed by atoms with van der Waals surface area (Å²) in [4.78, 5) is 0. The normalized spacial score (nSPS) is 19.3. The third kappa shape index (κ3) is 3.75. The van der Waals surface area contributed by atoms with E-state index < -0.39 is 25.1 Å². The first-order chi connectivity index (χ1) is 9.75. The molecule has 1 aromatic carbocycles. The highest BCUT2D eigenvalue weighted by Crippen LogP contribution is 2.25.